The fourth-order valence-electron chi connectivity index (χ4n) is 3.17. The zero-order valence-corrected chi connectivity index (χ0v) is 16.9. The second-order valence-electron chi connectivity index (χ2n) is 7.42. The Labute approximate surface area is 167 Å². The van der Waals surface area contributed by atoms with Gasteiger partial charge in [-0.25, -0.2) is 0 Å². The average molecular weight is 374 g/mol. The van der Waals surface area contributed by atoms with Crippen molar-refractivity contribution in [2.75, 3.05) is 5.32 Å². The van der Waals surface area contributed by atoms with Gasteiger partial charge in [-0.1, -0.05) is 48.0 Å². The first-order valence-electron chi connectivity index (χ1n) is 9.58. The maximum Gasteiger partial charge on any atom is 0.256 e. The number of carbonyl (C=O) groups excluding carboxylic acids is 1. The Bertz CT molecular complexity index is 951. The van der Waals surface area contributed by atoms with E-state index >= 15 is 0 Å². The van der Waals surface area contributed by atoms with Gasteiger partial charge in [0.25, 0.3) is 5.91 Å². The molecule has 0 spiro atoms. The molecule has 0 aliphatic rings. The van der Waals surface area contributed by atoms with Crippen LogP contribution in [0, 0.1) is 13.8 Å². The predicted octanol–water partition coefficient (Wildman–Crippen LogP) is 5.49. The summed E-state index contributed by atoms with van der Waals surface area (Å²) in [5.74, 6) is -0.0179. The first-order chi connectivity index (χ1) is 13.4. The number of pyridine rings is 1. The van der Waals surface area contributed by atoms with Crippen LogP contribution in [0.4, 0.5) is 11.4 Å². The number of anilines is 2. The van der Waals surface area contributed by atoms with E-state index in [1.165, 1.54) is 5.56 Å². The second-order valence-corrected chi connectivity index (χ2v) is 7.42. The predicted molar refractivity (Wildman–Crippen MR) is 115 cm³/mol. The lowest BCUT2D eigenvalue weighted by atomic mass is 10.1. The van der Waals surface area contributed by atoms with Crippen molar-refractivity contribution in [2.45, 2.75) is 40.3 Å². The summed E-state index contributed by atoms with van der Waals surface area (Å²) in [4.78, 5) is 19.3. The van der Waals surface area contributed by atoms with Gasteiger partial charge in [0.2, 0.25) is 0 Å². The summed E-state index contributed by atoms with van der Waals surface area (Å²) in [6, 6.07) is 18.3. The van der Waals surface area contributed by atoms with Crippen LogP contribution in [0.3, 0.4) is 0 Å². The maximum atomic E-state index is 13.2. The normalized spacial score (nSPS) is 10.8. The quantitative estimate of drug-likeness (QED) is 0.621. The molecule has 0 atom stereocenters. The molecular weight excluding hydrogens is 346 g/mol. The van der Waals surface area contributed by atoms with Crippen molar-refractivity contribution in [1.82, 2.24) is 9.88 Å². The molecule has 0 fully saturated rings. The van der Waals surface area contributed by atoms with Crippen molar-refractivity contribution < 1.29 is 4.79 Å². The lowest BCUT2D eigenvalue weighted by Gasteiger charge is -2.27. The highest BCUT2D eigenvalue weighted by atomic mass is 16.2. The number of hydrogen-bond acceptors (Lipinski definition) is 3. The van der Waals surface area contributed by atoms with Gasteiger partial charge in [0.1, 0.15) is 0 Å². The van der Waals surface area contributed by atoms with Crippen molar-refractivity contribution in [3.8, 4) is 0 Å². The van der Waals surface area contributed by atoms with E-state index in [9.17, 15) is 4.79 Å². The standard InChI is InChI=1S/C24H27N3O/c1-17(2)27(16-20-8-6-5-7-9-20)24(28)21-13-22(15-25-14-21)26-23-11-10-18(3)12-19(23)4/h5-15,17,26H,16H2,1-4H3. The van der Waals surface area contributed by atoms with E-state index in [0.29, 0.717) is 12.1 Å². The topological polar surface area (TPSA) is 45.2 Å². The Hall–Kier alpha value is -3.14. The van der Waals surface area contributed by atoms with Crippen molar-refractivity contribution >= 4 is 17.3 Å². The summed E-state index contributed by atoms with van der Waals surface area (Å²) < 4.78 is 0. The third-order valence-electron chi connectivity index (χ3n) is 4.73. The van der Waals surface area contributed by atoms with Gasteiger partial charge in [-0.05, 0) is 51.0 Å². The molecule has 1 amide bonds. The minimum absolute atomic E-state index is 0.0179. The van der Waals surface area contributed by atoms with E-state index in [0.717, 1.165) is 22.5 Å². The van der Waals surface area contributed by atoms with Crippen molar-refractivity contribution in [1.29, 1.82) is 0 Å². The number of nitrogens with one attached hydrogen (secondary N) is 1. The molecule has 3 rings (SSSR count). The molecule has 0 aliphatic carbocycles. The van der Waals surface area contributed by atoms with Gasteiger partial charge in [0, 0.05) is 24.5 Å². The Kier molecular flexibility index (Phi) is 6.09. The van der Waals surface area contributed by atoms with E-state index < -0.39 is 0 Å². The molecule has 28 heavy (non-hydrogen) atoms. The zero-order valence-electron chi connectivity index (χ0n) is 16.9. The van der Waals surface area contributed by atoms with E-state index in [-0.39, 0.29) is 11.9 Å². The third-order valence-corrected chi connectivity index (χ3v) is 4.73. The lowest BCUT2D eigenvalue weighted by Crippen LogP contribution is -2.36. The Balaban J connectivity index is 1.81. The zero-order chi connectivity index (χ0) is 20.1. The number of aromatic nitrogens is 1. The molecule has 1 heterocycles. The van der Waals surface area contributed by atoms with Crippen molar-refractivity contribution in [3.63, 3.8) is 0 Å². The van der Waals surface area contributed by atoms with E-state index in [2.05, 4.69) is 42.3 Å². The molecule has 0 saturated heterocycles. The first-order valence-corrected chi connectivity index (χ1v) is 9.58. The van der Waals surface area contributed by atoms with Crippen LogP contribution in [-0.2, 0) is 6.54 Å². The van der Waals surface area contributed by atoms with Crippen LogP contribution >= 0.6 is 0 Å². The van der Waals surface area contributed by atoms with Gasteiger partial charge >= 0.3 is 0 Å². The van der Waals surface area contributed by atoms with Crippen LogP contribution in [0.1, 0.15) is 40.9 Å². The number of rotatable bonds is 6. The Morgan fingerprint density at radius 1 is 1.04 bits per heavy atom. The number of nitrogens with zero attached hydrogens (tertiary/aromatic N) is 2. The minimum Gasteiger partial charge on any atom is -0.354 e. The fraction of sp³-hybridized carbons (Fsp3) is 0.250. The minimum atomic E-state index is -0.0179. The molecule has 0 radical (unpaired) electrons. The second kappa shape index (κ2) is 8.70. The Morgan fingerprint density at radius 3 is 2.46 bits per heavy atom. The fourth-order valence-corrected chi connectivity index (χ4v) is 3.17. The molecule has 2 aromatic carbocycles. The molecular formula is C24H27N3O. The average Bonchev–Trinajstić information content (AvgIpc) is 2.68. The van der Waals surface area contributed by atoms with Crippen LogP contribution in [0.5, 0.6) is 0 Å². The highest BCUT2D eigenvalue weighted by Crippen LogP contribution is 2.22. The molecule has 0 bridgehead atoms. The van der Waals surface area contributed by atoms with E-state index in [1.807, 2.05) is 55.1 Å². The number of amides is 1. The van der Waals surface area contributed by atoms with Crippen LogP contribution in [-0.4, -0.2) is 21.8 Å². The summed E-state index contributed by atoms with van der Waals surface area (Å²) in [6.07, 6.45) is 3.38. The van der Waals surface area contributed by atoms with E-state index in [1.54, 1.807) is 12.4 Å². The molecule has 0 aliphatic heterocycles. The highest BCUT2D eigenvalue weighted by molar-refractivity contribution is 5.95. The molecule has 0 unspecified atom stereocenters. The first kappa shape index (κ1) is 19.6. The smallest absolute Gasteiger partial charge is 0.256 e. The van der Waals surface area contributed by atoms with E-state index in [4.69, 9.17) is 0 Å². The van der Waals surface area contributed by atoms with Crippen LogP contribution in [0.15, 0.2) is 67.0 Å². The van der Waals surface area contributed by atoms with Gasteiger partial charge < -0.3 is 10.2 Å². The lowest BCUT2D eigenvalue weighted by molar-refractivity contribution is 0.0690. The number of aryl methyl sites for hydroxylation is 2. The van der Waals surface area contributed by atoms with Gasteiger partial charge in [0.05, 0.1) is 17.4 Å². The largest absolute Gasteiger partial charge is 0.354 e. The summed E-state index contributed by atoms with van der Waals surface area (Å²) in [5, 5.41) is 3.38. The van der Waals surface area contributed by atoms with Crippen LogP contribution in [0.25, 0.3) is 0 Å². The highest BCUT2D eigenvalue weighted by Gasteiger charge is 2.20. The summed E-state index contributed by atoms with van der Waals surface area (Å²) in [5.41, 5.74) is 5.90. The van der Waals surface area contributed by atoms with Crippen molar-refractivity contribution in [3.05, 3.63) is 89.2 Å². The van der Waals surface area contributed by atoms with Crippen LogP contribution < -0.4 is 5.32 Å². The summed E-state index contributed by atoms with van der Waals surface area (Å²) >= 11 is 0. The maximum absolute atomic E-state index is 13.2. The number of hydrogen-bond donors (Lipinski definition) is 1. The molecule has 3 aromatic rings. The molecule has 1 aromatic heterocycles. The van der Waals surface area contributed by atoms with Crippen LogP contribution in [0.2, 0.25) is 0 Å². The number of benzene rings is 2. The van der Waals surface area contributed by atoms with Gasteiger partial charge in [0.15, 0.2) is 0 Å². The van der Waals surface area contributed by atoms with Gasteiger partial charge in [-0.15, -0.1) is 0 Å². The SMILES string of the molecule is Cc1ccc(Nc2cncc(C(=O)N(Cc3ccccc3)C(C)C)c2)c(C)c1. The Morgan fingerprint density at radius 2 is 1.79 bits per heavy atom. The number of carbonyl (C=O) groups is 1. The monoisotopic (exact) mass is 373 g/mol. The van der Waals surface area contributed by atoms with Gasteiger partial charge in [-0.2, -0.15) is 0 Å². The molecule has 4 heteroatoms. The molecule has 1 N–H and O–H groups in total. The molecule has 144 valence electrons. The van der Waals surface area contributed by atoms with Gasteiger partial charge in [-0.3, -0.25) is 9.78 Å². The molecule has 0 saturated carbocycles. The summed E-state index contributed by atoms with van der Waals surface area (Å²) in [7, 11) is 0. The summed E-state index contributed by atoms with van der Waals surface area (Å²) in [6.45, 7) is 8.78. The third kappa shape index (κ3) is 4.77. The molecule has 4 nitrogen and oxygen atoms in total. The van der Waals surface area contributed by atoms with Crippen molar-refractivity contribution in [2.24, 2.45) is 0 Å².